The molecule has 5 heteroatoms. The van der Waals surface area contributed by atoms with E-state index < -0.39 is 17.6 Å². The maximum Gasteiger partial charge on any atom is 0.417 e. The van der Waals surface area contributed by atoms with E-state index in [0.717, 1.165) is 12.1 Å². The highest BCUT2D eigenvalue weighted by Crippen LogP contribution is 2.38. The van der Waals surface area contributed by atoms with E-state index in [0.29, 0.717) is 5.56 Å². The van der Waals surface area contributed by atoms with Crippen LogP contribution in [0.2, 0.25) is 0 Å². The molecule has 0 aliphatic heterocycles. The lowest BCUT2D eigenvalue weighted by Crippen LogP contribution is -2.09. The quantitative estimate of drug-likeness (QED) is 0.820. The molecular formula is C14H11F4N. The summed E-state index contributed by atoms with van der Waals surface area (Å²) in [5.74, 6) is -0.709. The van der Waals surface area contributed by atoms with Crippen LogP contribution < -0.4 is 5.73 Å². The minimum absolute atomic E-state index is 0.0285. The predicted octanol–water partition coefficient (Wildman–Crippen LogP) is 3.97. The van der Waals surface area contributed by atoms with Crippen molar-refractivity contribution in [1.82, 2.24) is 0 Å². The van der Waals surface area contributed by atoms with Crippen molar-refractivity contribution in [3.05, 3.63) is 59.4 Å². The first-order chi connectivity index (χ1) is 8.95. The van der Waals surface area contributed by atoms with Gasteiger partial charge in [-0.2, -0.15) is 13.2 Å². The molecule has 0 saturated heterocycles. The molecule has 0 aliphatic carbocycles. The Kier molecular flexibility index (Phi) is 3.57. The van der Waals surface area contributed by atoms with Gasteiger partial charge in [-0.05, 0) is 23.3 Å². The highest BCUT2D eigenvalue weighted by molar-refractivity contribution is 5.72. The number of rotatable bonds is 2. The van der Waals surface area contributed by atoms with E-state index >= 15 is 0 Å². The number of nitrogens with two attached hydrogens (primary N) is 1. The van der Waals surface area contributed by atoms with Gasteiger partial charge >= 0.3 is 6.18 Å². The first-order valence-electron chi connectivity index (χ1n) is 5.59. The second-order valence-corrected chi connectivity index (χ2v) is 4.02. The molecule has 0 bridgehead atoms. The molecule has 1 nitrogen and oxygen atoms in total. The van der Waals surface area contributed by atoms with Crippen LogP contribution in [0.5, 0.6) is 0 Å². The van der Waals surface area contributed by atoms with E-state index in [9.17, 15) is 17.6 Å². The molecule has 0 amide bonds. The van der Waals surface area contributed by atoms with E-state index in [1.807, 2.05) is 0 Å². The summed E-state index contributed by atoms with van der Waals surface area (Å²) in [5.41, 5.74) is 4.67. The Morgan fingerprint density at radius 1 is 0.947 bits per heavy atom. The van der Waals surface area contributed by atoms with Crippen molar-refractivity contribution in [2.45, 2.75) is 12.7 Å². The van der Waals surface area contributed by atoms with Gasteiger partial charge in [0.1, 0.15) is 5.82 Å². The number of benzene rings is 2. The standard InChI is InChI=1S/C14H11F4N/c15-12-7-3-4-9(8-19)13(12)10-5-1-2-6-11(10)14(16,17)18/h1-7H,8,19H2. The molecular weight excluding hydrogens is 258 g/mol. The van der Waals surface area contributed by atoms with Crippen LogP contribution in [0.4, 0.5) is 17.6 Å². The third-order valence-corrected chi connectivity index (χ3v) is 2.82. The van der Waals surface area contributed by atoms with Gasteiger partial charge in [-0.1, -0.05) is 30.3 Å². The Morgan fingerprint density at radius 2 is 1.63 bits per heavy atom. The maximum absolute atomic E-state index is 13.9. The third-order valence-electron chi connectivity index (χ3n) is 2.82. The van der Waals surface area contributed by atoms with E-state index in [1.165, 1.54) is 30.3 Å². The largest absolute Gasteiger partial charge is 0.417 e. The van der Waals surface area contributed by atoms with Gasteiger partial charge in [0.25, 0.3) is 0 Å². The fourth-order valence-corrected chi connectivity index (χ4v) is 1.99. The van der Waals surface area contributed by atoms with Crippen molar-refractivity contribution < 1.29 is 17.6 Å². The Labute approximate surface area is 107 Å². The first kappa shape index (κ1) is 13.5. The van der Waals surface area contributed by atoms with Gasteiger partial charge in [0.2, 0.25) is 0 Å². The molecule has 0 radical (unpaired) electrons. The van der Waals surface area contributed by atoms with Crippen LogP contribution in [0.15, 0.2) is 42.5 Å². The molecule has 0 fully saturated rings. The zero-order valence-corrected chi connectivity index (χ0v) is 9.84. The molecule has 0 atom stereocenters. The van der Waals surface area contributed by atoms with Gasteiger partial charge in [0, 0.05) is 12.1 Å². The van der Waals surface area contributed by atoms with Crippen LogP contribution in [0.1, 0.15) is 11.1 Å². The molecule has 0 aromatic heterocycles. The topological polar surface area (TPSA) is 26.0 Å². The maximum atomic E-state index is 13.9. The monoisotopic (exact) mass is 269 g/mol. The highest BCUT2D eigenvalue weighted by Gasteiger charge is 2.34. The normalized spacial score (nSPS) is 11.6. The van der Waals surface area contributed by atoms with Crippen molar-refractivity contribution in [3.63, 3.8) is 0 Å². The zero-order chi connectivity index (χ0) is 14.0. The van der Waals surface area contributed by atoms with E-state index in [1.54, 1.807) is 0 Å². The van der Waals surface area contributed by atoms with Gasteiger partial charge in [-0.3, -0.25) is 0 Å². The summed E-state index contributed by atoms with van der Waals surface area (Å²) in [6, 6.07) is 8.97. The lowest BCUT2D eigenvalue weighted by molar-refractivity contribution is -0.137. The fraction of sp³-hybridized carbons (Fsp3) is 0.143. The predicted molar refractivity (Wildman–Crippen MR) is 64.7 cm³/mol. The molecule has 2 rings (SSSR count). The average molecular weight is 269 g/mol. The SMILES string of the molecule is NCc1cccc(F)c1-c1ccccc1C(F)(F)F. The number of alkyl halides is 3. The highest BCUT2D eigenvalue weighted by atomic mass is 19.4. The van der Waals surface area contributed by atoms with Crippen LogP contribution in [0.25, 0.3) is 11.1 Å². The van der Waals surface area contributed by atoms with Gasteiger partial charge < -0.3 is 5.73 Å². The first-order valence-corrected chi connectivity index (χ1v) is 5.59. The zero-order valence-electron chi connectivity index (χ0n) is 9.84. The number of hydrogen-bond donors (Lipinski definition) is 1. The van der Waals surface area contributed by atoms with Crippen molar-refractivity contribution in [3.8, 4) is 11.1 Å². The molecule has 0 spiro atoms. The van der Waals surface area contributed by atoms with E-state index in [4.69, 9.17) is 5.73 Å². The lowest BCUT2D eigenvalue weighted by Gasteiger charge is -2.15. The Bertz CT molecular complexity index is 590. The molecule has 100 valence electrons. The molecule has 0 aliphatic rings. The Morgan fingerprint density at radius 3 is 2.26 bits per heavy atom. The average Bonchev–Trinajstić information content (AvgIpc) is 2.37. The van der Waals surface area contributed by atoms with E-state index in [-0.39, 0.29) is 17.7 Å². The van der Waals surface area contributed by atoms with Gasteiger partial charge in [-0.25, -0.2) is 4.39 Å². The third kappa shape index (κ3) is 2.61. The second-order valence-electron chi connectivity index (χ2n) is 4.02. The molecule has 2 aromatic carbocycles. The molecule has 2 aromatic rings. The second kappa shape index (κ2) is 5.01. The summed E-state index contributed by atoms with van der Waals surface area (Å²) in [5, 5.41) is 0. The molecule has 0 heterocycles. The summed E-state index contributed by atoms with van der Waals surface area (Å²) in [4.78, 5) is 0. The number of halogens is 4. The smallest absolute Gasteiger partial charge is 0.326 e. The lowest BCUT2D eigenvalue weighted by atomic mass is 9.94. The Hall–Kier alpha value is -1.88. The van der Waals surface area contributed by atoms with E-state index in [2.05, 4.69) is 0 Å². The van der Waals surface area contributed by atoms with Crippen LogP contribution in [-0.2, 0) is 12.7 Å². The summed E-state index contributed by atoms with van der Waals surface area (Å²) in [6.07, 6.45) is -4.54. The summed E-state index contributed by atoms with van der Waals surface area (Å²) in [6.45, 7) is -0.0285. The number of hydrogen-bond acceptors (Lipinski definition) is 1. The summed E-state index contributed by atoms with van der Waals surface area (Å²) < 4.78 is 52.7. The van der Waals surface area contributed by atoms with Crippen molar-refractivity contribution in [1.29, 1.82) is 0 Å². The minimum atomic E-state index is -4.54. The van der Waals surface area contributed by atoms with Crippen LogP contribution >= 0.6 is 0 Å². The van der Waals surface area contributed by atoms with Gasteiger partial charge in [0.15, 0.2) is 0 Å². The van der Waals surface area contributed by atoms with Crippen LogP contribution in [0, 0.1) is 5.82 Å². The summed E-state index contributed by atoms with van der Waals surface area (Å²) >= 11 is 0. The van der Waals surface area contributed by atoms with Crippen molar-refractivity contribution in [2.75, 3.05) is 0 Å². The van der Waals surface area contributed by atoms with Gasteiger partial charge in [-0.15, -0.1) is 0 Å². The molecule has 19 heavy (non-hydrogen) atoms. The van der Waals surface area contributed by atoms with Gasteiger partial charge in [0.05, 0.1) is 5.56 Å². The minimum Gasteiger partial charge on any atom is -0.326 e. The molecule has 2 N–H and O–H groups in total. The Balaban J connectivity index is 2.73. The molecule has 0 saturated carbocycles. The molecule has 0 unspecified atom stereocenters. The van der Waals surface area contributed by atoms with Crippen molar-refractivity contribution >= 4 is 0 Å². The van der Waals surface area contributed by atoms with Crippen LogP contribution in [-0.4, -0.2) is 0 Å². The van der Waals surface area contributed by atoms with Crippen molar-refractivity contribution in [2.24, 2.45) is 5.73 Å². The van der Waals surface area contributed by atoms with Crippen LogP contribution in [0.3, 0.4) is 0 Å². The fourth-order valence-electron chi connectivity index (χ4n) is 1.99. The summed E-state index contributed by atoms with van der Waals surface area (Å²) in [7, 11) is 0.